The van der Waals surface area contributed by atoms with E-state index >= 15 is 0 Å². The first kappa shape index (κ1) is 11.1. The van der Waals surface area contributed by atoms with Gasteiger partial charge in [0.05, 0.1) is 12.1 Å². The molecule has 7 heteroatoms. The number of hydroxylamine groups is 1. The Morgan fingerprint density at radius 3 is 2.67 bits per heavy atom. The van der Waals surface area contributed by atoms with Crippen LogP contribution in [-0.4, -0.2) is 24.0 Å². The number of rotatable bonds is 1. The second-order valence-corrected chi connectivity index (χ2v) is 3.15. The van der Waals surface area contributed by atoms with Crippen LogP contribution in [0.3, 0.4) is 0 Å². The van der Waals surface area contributed by atoms with Gasteiger partial charge in [-0.2, -0.15) is 21.0 Å². The molecule has 0 aromatic carbocycles. The molecule has 0 radical (unpaired) electrons. The number of amides is 1. The molecule has 0 unspecified atom stereocenters. The highest BCUT2D eigenvalue weighted by atomic mass is 16.7. The zero-order valence-electron chi connectivity index (χ0n) is 8.30. The summed E-state index contributed by atoms with van der Waals surface area (Å²) in [5.74, 6) is -1.91. The fraction of sp³-hybridized carbons (Fsp3) is 0.625. The highest BCUT2D eigenvalue weighted by molar-refractivity contribution is 5.80. The Kier molecular flexibility index (Phi) is 3.33. The smallest absolute Gasteiger partial charge is 0.338 e. The lowest BCUT2D eigenvalue weighted by Gasteiger charge is -2.10. The summed E-state index contributed by atoms with van der Waals surface area (Å²) in [6, 6.07) is 0.655. The highest BCUT2D eigenvalue weighted by Crippen LogP contribution is 2.23. The quantitative estimate of drug-likeness (QED) is 0.612. The molecule has 0 saturated heterocycles. The monoisotopic (exact) mass is 210 g/mol. The maximum absolute atomic E-state index is 11.3. The fourth-order valence-corrected chi connectivity index (χ4v) is 1.14. The van der Waals surface area contributed by atoms with Crippen molar-refractivity contribution in [3.05, 3.63) is 0 Å². The molecule has 1 aliphatic heterocycles. The van der Waals surface area contributed by atoms with E-state index in [-0.39, 0.29) is 6.04 Å². The number of carbonyl (C=O) groups excluding carboxylic acids is 2. The normalized spacial score (nSPS) is 28.2. The van der Waals surface area contributed by atoms with E-state index in [9.17, 15) is 9.59 Å². The number of nitrogens with zero attached hydrogens (tertiary/aromatic N) is 3. The zero-order chi connectivity index (χ0) is 11.4. The molecule has 0 aromatic rings. The number of nitrogens with one attached hydrogen (secondary N) is 1. The van der Waals surface area contributed by atoms with Crippen LogP contribution >= 0.6 is 0 Å². The van der Waals surface area contributed by atoms with Gasteiger partial charge in [0.15, 0.2) is 6.04 Å². The summed E-state index contributed by atoms with van der Waals surface area (Å²) in [4.78, 5) is 26.2. The topological polar surface area (TPSA) is 104 Å². The van der Waals surface area contributed by atoms with Gasteiger partial charge in [-0.05, 0) is 6.92 Å². The van der Waals surface area contributed by atoms with Crippen molar-refractivity contribution >= 4 is 11.9 Å². The Hall–Kier alpha value is -1.97. The van der Waals surface area contributed by atoms with Crippen molar-refractivity contribution in [1.82, 2.24) is 5.48 Å². The maximum Gasteiger partial charge on any atom is 0.359 e. The number of nitriles is 1. The average Bonchev–Trinajstić information content (AvgIpc) is 2.55. The van der Waals surface area contributed by atoms with Gasteiger partial charge in [0.25, 0.3) is 0 Å². The van der Waals surface area contributed by atoms with Crippen LogP contribution in [0.4, 0.5) is 0 Å². The minimum atomic E-state index is -0.947. The molecule has 7 nitrogen and oxygen atoms in total. The van der Waals surface area contributed by atoms with Gasteiger partial charge in [-0.3, -0.25) is 4.79 Å². The summed E-state index contributed by atoms with van der Waals surface area (Å²) in [7, 11) is 0. The second-order valence-electron chi connectivity index (χ2n) is 3.15. The van der Waals surface area contributed by atoms with Crippen molar-refractivity contribution in [3.8, 4) is 6.07 Å². The third-order valence-corrected chi connectivity index (χ3v) is 1.92. The van der Waals surface area contributed by atoms with Crippen LogP contribution in [0.25, 0.3) is 0 Å². The van der Waals surface area contributed by atoms with E-state index in [0.29, 0.717) is 0 Å². The van der Waals surface area contributed by atoms with Crippen molar-refractivity contribution in [2.24, 2.45) is 16.1 Å². The summed E-state index contributed by atoms with van der Waals surface area (Å²) < 4.78 is 0. The Labute approximate surface area is 86.1 Å². The summed E-state index contributed by atoms with van der Waals surface area (Å²) in [5, 5.41) is 16.1. The van der Waals surface area contributed by atoms with Crippen molar-refractivity contribution < 1.29 is 14.4 Å². The summed E-state index contributed by atoms with van der Waals surface area (Å²) in [5.41, 5.74) is 1.88. The first-order chi connectivity index (χ1) is 7.06. The van der Waals surface area contributed by atoms with Crippen LogP contribution < -0.4 is 5.48 Å². The maximum atomic E-state index is 11.3. The molecular formula is C8H10N4O3. The zero-order valence-corrected chi connectivity index (χ0v) is 8.30. The fourth-order valence-electron chi connectivity index (χ4n) is 1.14. The van der Waals surface area contributed by atoms with E-state index in [1.54, 1.807) is 6.92 Å². The standard InChI is InChI=1S/C8H10N4O3/c1-4-6(3-9)7(11-10-4)8(14)15-12-5(2)13/h4,6-7H,1-2H3,(H,12,13)/t4-,6-,7-/m0/s1. The molecule has 0 bridgehead atoms. The largest absolute Gasteiger partial charge is 0.359 e. The van der Waals surface area contributed by atoms with E-state index in [4.69, 9.17) is 5.26 Å². The van der Waals surface area contributed by atoms with E-state index < -0.39 is 23.8 Å². The summed E-state index contributed by atoms with van der Waals surface area (Å²) in [6.45, 7) is 2.89. The predicted octanol–water partition coefficient (Wildman–Crippen LogP) is -0.0566. The Bertz CT molecular complexity index is 346. The minimum Gasteiger partial charge on any atom is -0.338 e. The van der Waals surface area contributed by atoms with Crippen LogP contribution in [0.2, 0.25) is 0 Å². The number of hydrogen-bond acceptors (Lipinski definition) is 6. The first-order valence-corrected chi connectivity index (χ1v) is 4.33. The van der Waals surface area contributed by atoms with Gasteiger partial charge >= 0.3 is 5.97 Å². The SMILES string of the molecule is CC(=O)NOC(=O)[C@H]1N=N[C@@H](C)[C@@H]1C#N. The number of azo groups is 1. The Balaban J connectivity index is 2.57. The average molecular weight is 210 g/mol. The van der Waals surface area contributed by atoms with Gasteiger partial charge in [0, 0.05) is 6.92 Å². The minimum absolute atomic E-state index is 0.329. The lowest BCUT2D eigenvalue weighted by Crippen LogP contribution is -2.35. The van der Waals surface area contributed by atoms with E-state index in [1.165, 1.54) is 6.92 Å². The van der Waals surface area contributed by atoms with Gasteiger partial charge in [0.2, 0.25) is 5.91 Å². The van der Waals surface area contributed by atoms with Crippen LogP contribution in [0, 0.1) is 17.2 Å². The lowest BCUT2D eigenvalue weighted by atomic mass is 9.97. The van der Waals surface area contributed by atoms with Gasteiger partial charge in [-0.15, -0.1) is 0 Å². The molecule has 0 fully saturated rings. The lowest BCUT2D eigenvalue weighted by molar-refractivity contribution is -0.159. The molecule has 1 N–H and O–H groups in total. The van der Waals surface area contributed by atoms with E-state index in [2.05, 4.69) is 15.1 Å². The second kappa shape index (κ2) is 4.50. The van der Waals surface area contributed by atoms with Crippen LogP contribution in [0.5, 0.6) is 0 Å². The van der Waals surface area contributed by atoms with Crippen LogP contribution in [0.15, 0.2) is 10.2 Å². The number of hydrogen-bond donors (Lipinski definition) is 1. The number of carbonyl (C=O) groups is 2. The van der Waals surface area contributed by atoms with Crippen LogP contribution in [0.1, 0.15) is 13.8 Å². The van der Waals surface area contributed by atoms with Crippen molar-refractivity contribution in [2.45, 2.75) is 25.9 Å². The molecule has 80 valence electrons. The van der Waals surface area contributed by atoms with Gasteiger partial charge in [-0.1, -0.05) is 0 Å². The van der Waals surface area contributed by atoms with Gasteiger partial charge in [0.1, 0.15) is 5.92 Å². The molecule has 0 aromatic heterocycles. The van der Waals surface area contributed by atoms with Gasteiger partial charge in [-0.25, -0.2) is 4.79 Å². The van der Waals surface area contributed by atoms with Gasteiger partial charge < -0.3 is 4.84 Å². The van der Waals surface area contributed by atoms with E-state index in [1.807, 2.05) is 11.5 Å². The molecule has 0 aliphatic carbocycles. The van der Waals surface area contributed by atoms with Crippen molar-refractivity contribution in [2.75, 3.05) is 0 Å². The molecule has 0 saturated carbocycles. The Morgan fingerprint density at radius 1 is 1.47 bits per heavy atom. The molecule has 0 spiro atoms. The molecule has 1 heterocycles. The molecule has 1 rings (SSSR count). The summed E-state index contributed by atoms with van der Waals surface area (Å²) >= 11 is 0. The van der Waals surface area contributed by atoms with Crippen molar-refractivity contribution in [1.29, 1.82) is 5.26 Å². The highest BCUT2D eigenvalue weighted by Gasteiger charge is 2.39. The molecule has 1 amide bonds. The van der Waals surface area contributed by atoms with Crippen LogP contribution in [-0.2, 0) is 14.4 Å². The molecule has 15 heavy (non-hydrogen) atoms. The third kappa shape index (κ3) is 2.49. The molecule has 3 atom stereocenters. The Morgan fingerprint density at radius 2 is 2.13 bits per heavy atom. The molecular weight excluding hydrogens is 200 g/mol. The third-order valence-electron chi connectivity index (χ3n) is 1.92. The predicted molar refractivity (Wildman–Crippen MR) is 47.1 cm³/mol. The summed E-state index contributed by atoms with van der Waals surface area (Å²) in [6.07, 6.45) is 0. The van der Waals surface area contributed by atoms with Crippen molar-refractivity contribution in [3.63, 3.8) is 0 Å². The van der Waals surface area contributed by atoms with E-state index in [0.717, 1.165) is 0 Å². The first-order valence-electron chi connectivity index (χ1n) is 4.33. The molecule has 1 aliphatic rings.